The second-order valence-corrected chi connectivity index (χ2v) is 4.76. The summed E-state index contributed by atoms with van der Waals surface area (Å²) in [6, 6.07) is 11.5. The van der Waals surface area contributed by atoms with Gasteiger partial charge in [0, 0.05) is 11.1 Å². The first-order chi connectivity index (χ1) is 11.5. The average molecular weight is 359 g/mol. The van der Waals surface area contributed by atoms with Gasteiger partial charge in [-0.25, -0.2) is 14.0 Å². The fraction of sp³-hybridized carbons (Fsp3) is 0.125. The number of aryl methyl sites for hydroxylation is 1. The molecule has 2 rings (SSSR count). The lowest BCUT2D eigenvalue weighted by Crippen LogP contribution is -2.21. The molecule has 0 unspecified atom stereocenters. The summed E-state index contributed by atoms with van der Waals surface area (Å²) >= 11 is 0. The van der Waals surface area contributed by atoms with Crippen molar-refractivity contribution in [3.05, 3.63) is 53.8 Å². The molecule has 134 valence electrons. The Kier molecular flexibility index (Phi) is 6.49. The molecular weight excluding hydrogens is 346 g/mol. The summed E-state index contributed by atoms with van der Waals surface area (Å²) in [6.45, 7) is 1.85. The van der Waals surface area contributed by atoms with Gasteiger partial charge in [-0.15, -0.1) is 0 Å². The molecule has 0 radical (unpaired) electrons. The second-order valence-electron chi connectivity index (χ2n) is 4.76. The quantitative estimate of drug-likeness (QED) is 0.688. The third-order valence-electron chi connectivity index (χ3n) is 2.82. The zero-order chi connectivity index (χ0) is 19.2. The van der Waals surface area contributed by atoms with E-state index in [9.17, 15) is 22.4 Å². The van der Waals surface area contributed by atoms with Gasteiger partial charge in [0.25, 0.3) is 0 Å². The van der Waals surface area contributed by atoms with Crippen molar-refractivity contribution in [3.63, 3.8) is 0 Å². The number of carboxylic acids is 1. The first-order valence-corrected chi connectivity index (χ1v) is 6.68. The Morgan fingerprint density at radius 2 is 1.56 bits per heavy atom. The van der Waals surface area contributed by atoms with Crippen LogP contribution in [0.15, 0.2) is 42.5 Å². The average Bonchev–Trinajstić information content (AvgIpc) is 2.47. The topological polar surface area (TPSA) is 86.6 Å². The standard InChI is InChI=1S/C14H12FNO2.C2HF3O2/c1-9-6-7-11(13(8-9)16-14(17)18)10-4-2-3-5-12(10)15;3-2(4,5)1(6)7/h2-8,16H,1H3,(H,17,18);(H,6,7). The molecule has 0 fully saturated rings. The molecular formula is C16H13F4NO4. The van der Waals surface area contributed by atoms with Crippen LogP contribution >= 0.6 is 0 Å². The maximum atomic E-state index is 13.7. The van der Waals surface area contributed by atoms with E-state index in [4.69, 9.17) is 15.0 Å². The molecule has 0 atom stereocenters. The molecule has 2 aromatic rings. The van der Waals surface area contributed by atoms with Crippen LogP contribution in [0.4, 0.5) is 28.0 Å². The van der Waals surface area contributed by atoms with Gasteiger partial charge in [0.1, 0.15) is 5.82 Å². The SMILES string of the molecule is Cc1ccc(-c2ccccc2F)c(NC(=O)O)c1.O=C(O)C(F)(F)F. The van der Waals surface area contributed by atoms with Crippen molar-refractivity contribution >= 4 is 17.7 Å². The maximum Gasteiger partial charge on any atom is 0.490 e. The number of rotatable bonds is 2. The van der Waals surface area contributed by atoms with Crippen LogP contribution in [0.5, 0.6) is 0 Å². The molecule has 0 aromatic heterocycles. The van der Waals surface area contributed by atoms with Crippen molar-refractivity contribution in [2.24, 2.45) is 0 Å². The lowest BCUT2D eigenvalue weighted by Gasteiger charge is -2.11. The third kappa shape index (κ3) is 6.13. The predicted octanol–water partition coefficient (Wildman–Crippen LogP) is 4.52. The molecule has 9 heteroatoms. The van der Waals surface area contributed by atoms with Gasteiger partial charge in [0.2, 0.25) is 0 Å². The number of carbonyl (C=O) groups is 2. The fourth-order valence-electron chi connectivity index (χ4n) is 1.79. The Bertz CT molecular complexity index is 775. The summed E-state index contributed by atoms with van der Waals surface area (Å²) in [5.74, 6) is -3.14. The number of hydrogen-bond acceptors (Lipinski definition) is 2. The van der Waals surface area contributed by atoms with Crippen molar-refractivity contribution in [1.82, 2.24) is 0 Å². The Morgan fingerprint density at radius 1 is 1.00 bits per heavy atom. The minimum atomic E-state index is -5.08. The lowest BCUT2D eigenvalue weighted by molar-refractivity contribution is -0.192. The molecule has 25 heavy (non-hydrogen) atoms. The molecule has 0 spiro atoms. The fourth-order valence-corrected chi connectivity index (χ4v) is 1.79. The van der Waals surface area contributed by atoms with E-state index in [1.807, 2.05) is 13.0 Å². The molecule has 5 nitrogen and oxygen atoms in total. The van der Waals surface area contributed by atoms with Crippen molar-refractivity contribution in [2.75, 3.05) is 5.32 Å². The summed E-state index contributed by atoms with van der Waals surface area (Å²) in [5, 5.41) is 18.2. The Balaban J connectivity index is 0.000000381. The lowest BCUT2D eigenvalue weighted by atomic mass is 10.0. The van der Waals surface area contributed by atoms with Crippen LogP contribution in [0.1, 0.15) is 5.56 Å². The van der Waals surface area contributed by atoms with Gasteiger partial charge in [-0.3, -0.25) is 5.32 Å². The molecule has 3 N–H and O–H groups in total. The van der Waals surface area contributed by atoms with E-state index in [2.05, 4.69) is 5.32 Å². The van der Waals surface area contributed by atoms with E-state index in [0.29, 0.717) is 16.8 Å². The number of alkyl halides is 3. The zero-order valence-corrected chi connectivity index (χ0v) is 12.8. The van der Waals surface area contributed by atoms with Gasteiger partial charge in [-0.05, 0) is 24.6 Å². The van der Waals surface area contributed by atoms with Gasteiger partial charge < -0.3 is 10.2 Å². The molecule has 0 aliphatic heterocycles. The minimum Gasteiger partial charge on any atom is -0.475 e. The highest BCUT2D eigenvalue weighted by atomic mass is 19.4. The molecule has 1 amide bonds. The number of aliphatic carboxylic acids is 1. The molecule has 0 saturated carbocycles. The first-order valence-electron chi connectivity index (χ1n) is 6.68. The molecule has 0 bridgehead atoms. The van der Waals surface area contributed by atoms with E-state index >= 15 is 0 Å². The van der Waals surface area contributed by atoms with Crippen LogP contribution in [0.2, 0.25) is 0 Å². The normalized spacial score (nSPS) is 10.4. The Labute approximate surface area is 139 Å². The first kappa shape index (κ1) is 19.9. The number of carboxylic acid groups (broad SMARTS) is 2. The summed E-state index contributed by atoms with van der Waals surface area (Å²) in [6.07, 6.45) is -6.25. The molecule has 0 aliphatic carbocycles. The molecule has 0 saturated heterocycles. The van der Waals surface area contributed by atoms with Crippen LogP contribution in [0, 0.1) is 12.7 Å². The Hall–Kier alpha value is -3.10. The summed E-state index contributed by atoms with van der Waals surface area (Å²) in [7, 11) is 0. The highest BCUT2D eigenvalue weighted by Crippen LogP contribution is 2.30. The van der Waals surface area contributed by atoms with Crippen LogP contribution in [-0.2, 0) is 4.79 Å². The monoisotopic (exact) mass is 359 g/mol. The van der Waals surface area contributed by atoms with Gasteiger partial charge in [0.15, 0.2) is 0 Å². The molecule has 2 aromatic carbocycles. The third-order valence-corrected chi connectivity index (χ3v) is 2.82. The van der Waals surface area contributed by atoms with Crippen LogP contribution in [0.3, 0.4) is 0 Å². The number of anilines is 1. The van der Waals surface area contributed by atoms with Crippen LogP contribution < -0.4 is 5.32 Å². The van der Waals surface area contributed by atoms with Gasteiger partial charge in [-0.1, -0.05) is 30.3 Å². The van der Waals surface area contributed by atoms with Crippen molar-refractivity contribution in [1.29, 1.82) is 0 Å². The highest BCUT2D eigenvalue weighted by Gasteiger charge is 2.38. The summed E-state index contributed by atoms with van der Waals surface area (Å²) in [4.78, 5) is 19.6. The van der Waals surface area contributed by atoms with E-state index < -0.39 is 18.2 Å². The number of benzene rings is 2. The number of hydrogen-bond donors (Lipinski definition) is 3. The summed E-state index contributed by atoms with van der Waals surface area (Å²) in [5.41, 5.74) is 2.19. The molecule has 0 heterocycles. The summed E-state index contributed by atoms with van der Waals surface area (Å²) < 4.78 is 45.5. The number of amides is 1. The van der Waals surface area contributed by atoms with E-state index in [1.54, 1.807) is 30.3 Å². The van der Waals surface area contributed by atoms with Gasteiger partial charge >= 0.3 is 18.2 Å². The number of nitrogens with one attached hydrogen (secondary N) is 1. The van der Waals surface area contributed by atoms with Crippen LogP contribution in [-0.4, -0.2) is 28.5 Å². The zero-order valence-electron chi connectivity index (χ0n) is 12.8. The van der Waals surface area contributed by atoms with Crippen molar-refractivity contribution in [2.45, 2.75) is 13.1 Å². The van der Waals surface area contributed by atoms with Crippen LogP contribution in [0.25, 0.3) is 11.1 Å². The molecule has 0 aliphatic rings. The van der Waals surface area contributed by atoms with Crippen molar-refractivity contribution < 1.29 is 37.4 Å². The van der Waals surface area contributed by atoms with Crippen molar-refractivity contribution in [3.8, 4) is 11.1 Å². The second kappa shape index (κ2) is 8.13. The minimum absolute atomic E-state index is 0.376. The van der Waals surface area contributed by atoms with Gasteiger partial charge in [0.05, 0.1) is 5.69 Å². The van der Waals surface area contributed by atoms with E-state index in [-0.39, 0.29) is 5.82 Å². The highest BCUT2D eigenvalue weighted by molar-refractivity contribution is 5.90. The Morgan fingerprint density at radius 3 is 2.04 bits per heavy atom. The van der Waals surface area contributed by atoms with Gasteiger partial charge in [-0.2, -0.15) is 13.2 Å². The van der Waals surface area contributed by atoms with E-state index in [1.165, 1.54) is 6.07 Å². The maximum absolute atomic E-state index is 13.7. The predicted molar refractivity (Wildman–Crippen MR) is 81.9 cm³/mol. The van der Waals surface area contributed by atoms with E-state index in [0.717, 1.165) is 5.56 Å². The smallest absolute Gasteiger partial charge is 0.475 e. The largest absolute Gasteiger partial charge is 0.490 e. The number of halogens is 4.